The first kappa shape index (κ1) is 16.7. The smallest absolute Gasteiger partial charge is 0.317 e. The molecular formula is C18H17FN4O2. The van der Waals surface area contributed by atoms with Crippen LogP contribution in [0.5, 0.6) is 5.75 Å². The molecule has 1 aromatic carbocycles. The van der Waals surface area contributed by atoms with Crippen LogP contribution in [-0.4, -0.2) is 35.1 Å². The number of carbonyl (C=O) groups is 1. The minimum atomic E-state index is -0.446. The summed E-state index contributed by atoms with van der Waals surface area (Å²) < 4.78 is 19.5. The Morgan fingerprint density at radius 1 is 1.48 bits per heavy atom. The highest BCUT2D eigenvalue weighted by Gasteiger charge is 2.27. The molecule has 25 heavy (non-hydrogen) atoms. The maximum absolute atomic E-state index is 13.7. The van der Waals surface area contributed by atoms with Crippen LogP contribution in [0.2, 0.25) is 0 Å². The number of halogens is 1. The van der Waals surface area contributed by atoms with E-state index >= 15 is 0 Å². The van der Waals surface area contributed by atoms with Crippen molar-refractivity contribution in [3.05, 3.63) is 59.7 Å². The van der Waals surface area contributed by atoms with Crippen molar-refractivity contribution >= 4 is 6.03 Å². The van der Waals surface area contributed by atoms with Crippen LogP contribution < -0.4 is 10.1 Å². The molecule has 2 amide bonds. The van der Waals surface area contributed by atoms with E-state index in [1.807, 2.05) is 12.1 Å². The van der Waals surface area contributed by atoms with E-state index in [0.717, 1.165) is 6.42 Å². The lowest BCUT2D eigenvalue weighted by Crippen LogP contribution is -2.39. The Labute approximate surface area is 144 Å². The lowest BCUT2D eigenvalue weighted by molar-refractivity contribution is 0.186. The minimum Gasteiger partial charge on any atom is -0.487 e. The standard InChI is InChI=1S/C18H17FN4O2/c19-17-4-3-13(9-20)8-14(17)10-22-18(24)23-7-5-16(12-23)25-15-2-1-6-21-11-15/h1-4,6,8,11,16H,5,7,10,12H2,(H,22,24). The van der Waals surface area contributed by atoms with Crippen LogP contribution in [0, 0.1) is 17.1 Å². The molecule has 6 nitrogen and oxygen atoms in total. The number of ether oxygens (including phenoxy) is 1. The highest BCUT2D eigenvalue weighted by Crippen LogP contribution is 2.17. The molecule has 1 fully saturated rings. The SMILES string of the molecule is N#Cc1ccc(F)c(CNC(=O)N2CCC(Oc3cccnc3)C2)c1. The zero-order valence-corrected chi connectivity index (χ0v) is 13.5. The summed E-state index contributed by atoms with van der Waals surface area (Å²) in [6, 6.07) is 9.36. The number of likely N-dealkylation sites (tertiary alicyclic amines) is 1. The van der Waals surface area contributed by atoms with Crippen molar-refractivity contribution in [2.75, 3.05) is 13.1 Å². The molecule has 1 atom stereocenters. The summed E-state index contributed by atoms with van der Waals surface area (Å²) in [6.45, 7) is 1.06. The monoisotopic (exact) mass is 340 g/mol. The summed E-state index contributed by atoms with van der Waals surface area (Å²) in [6.07, 6.45) is 3.93. The van der Waals surface area contributed by atoms with E-state index < -0.39 is 5.82 Å². The van der Waals surface area contributed by atoms with Crippen LogP contribution in [-0.2, 0) is 6.54 Å². The lowest BCUT2D eigenvalue weighted by atomic mass is 10.1. The first-order chi connectivity index (χ1) is 12.2. The Balaban J connectivity index is 1.52. The van der Waals surface area contributed by atoms with Crippen molar-refractivity contribution in [3.8, 4) is 11.8 Å². The minimum absolute atomic E-state index is 0.0326. The van der Waals surface area contributed by atoms with Gasteiger partial charge in [0, 0.05) is 31.3 Å². The summed E-state index contributed by atoms with van der Waals surface area (Å²) in [7, 11) is 0. The number of nitriles is 1. The molecule has 2 heterocycles. The fourth-order valence-electron chi connectivity index (χ4n) is 2.68. The van der Waals surface area contributed by atoms with Gasteiger partial charge in [0.2, 0.25) is 0 Å². The maximum Gasteiger partial charge on any atom is 0.317 e. The summed E-state index contributed by atoms with van der Waals surface area (Å²) >= 11 is 0. The molecule has 1 aromatic heterocycles. The molecule has 1 aliphatic heterocycles. The summed E-state index contributed by atoms with van der Waals surface area (Å²) in [4.78, 5) is 17.9. The van der Waals surface area contributed by atoms with Gasteiger partial charge in [0.1, 0.15) is 17.7 Å². The third-order valence-electron chi connectivity index (χ3n) is 3.97. The Kier molecular flexibility index (Phi) is 5.09. The number of hydrogen-bond donors (Lipinski definition) is 1. The van der Waals surface area contributed by atoms with Crippen LogP contribution in [0.15, 0.2) is 42.7 Å². The highest BCUT2D eigenvalue weighted by atomic mass is 19.1. The van der Waals surface area contributed by atoms with E-state index in [9.17, 15) is 9.18 Å². The van der Waals surface area contributed by atoms with Crippen molar-refractivity contribution in [1.82, 2.24) is 15.2 Å². The van der Waals surface area contributed by atoms with E-state index in [1.54, 1.807) is 23.4 Å². The van der Waals surface area contributed by atoms with E-state index in [1.165, 1.54) is 18.2 Å². The number of hydrogen-bond acceptors (Lipinski definition) is 4. The predicted molar refractivity (Wildman–Crippen MR) is 88.2 cm³/mol. The number of rotatable bonds is 4. The van der Waals surface area contributed by atoms with E-state index in [-0.39, 0.29) is 24.2 Å². The average molecular weight is 340 g/mol. The highest BCUT2D eigenvalue weighted by molar-refractivity contribution is 5.74. The average Bonchev–Trinajstić information content (AvgIpc) is 3.10. The molecule has 1 saturated heterocycles. The van der Waals surface area contributed by atoms with Gasteiger partial charge in [-0.2, -0.15) is 5.26 Å². The van der Waals surface area contributed by atoms with Gasteiger partial charge >= 0.3 is 6.03 Å². The van der Waals surface area contributed by atoms with Gasteiger partial charge in [-0.15, -0.1) is 0 Å². The van der Waals surface area contributed by atoms with Gasteiger partial charge in [-0.05, 0) is 30.3 Å². The molecule has 0 bridgehead atoms. The van der Waals surface area contributed by atoms with Crippen molar-refractivity contribution in [3.63, 3.8) is 0 Å². The fourth-order valence-corrected chi connectivity index (χ4v) is 2.68. The van der Waals surface area contributed by atoms with E-state index in [4.69, 9.17) is 10.00 Å². The molecule has 1 unspecified atom stereocenters. The number of pyridine rings is 1. The molecular weight excluding hydrogens is 323 g/mol. The predicted octanol–water partition coefficient (Wildman–Crippen LogP) is 2.46. The van der Waals surface area contributed by atoms with Crippen molar-refractivity contribution in [2.24, 2.45) is 0 Å². The Bertz CT molecular complexity index is 791. The second-order valence-corrected chi connectivity index (χ2v) is 5.74. The number of urea groups is 1. The first-order valence-electron chi connectivity index (χ1n) is 7.93. The molecule has 3 rings (SSSR count). The third-order valence-corrected chi connectivity index (χ3v) is 3.97. The van der Waals surface area contributed by atoms with Crippen LogP contribution in [0.3, 0.4) is 0 Å². The van der Waals surface area contributed by atoms with Gasteiger partial charge in [0.05, 0.1) is 24.4 Å². The van der Waals surface area contributed by atoms with E-state index in [0.29, 0.717) is 24.4 Å². The van der Waals surface area contributed by atoms with Crippen LogP contribution in [0.4, 0.5) is 9.18 Å². The second kappa shape index (κ2) is 7.62. The molecule has 0 radical (unpaired) electrons. The summed E-state index contributed by atoms with van der Waals surface area (Å²) in [5.74, 6) is 0.226. The molecule has 0 aliphatic carbocycles. The Morgan fingerprint density at radius 3 is 3.12 bits per heavy atom. The Morgan fingerprint density at radius 2 is 2.36 bits per heavy atom. The number of nitrogens with zero attached hydrogens (tertiary/aromatic N) is 3. The molecule has 1 N–H and O–H groups in total. The Hall–Kier alpha value is -3.14. The van der Waals surface area contributed by atoms with Crippen molar-refractivity contribution in [1.29, 1.82) is 5.26 Å². The second-order valence-electron chi connectivity index (χ2n) is 5.74. The number of carbonyl (C=O) groups excluding carboxylic acids is 1. The number of nitrogens with one attached hydrogen (secondary N) is 1. The number of aromatic nitrogens is 1. The number of amides is 2. The topological polar surface area (TPSA) is 78.2 Å². The number of benzene rings is 1. The zero-order chi connectivity index (χ0) is 17.6. The normalized spacial score (nSPS) is 16.3. The van der Waals surface area contributed by atoms with Crippen molar-refractivity contribution < 1.29 is 13.9 Å². The van der Waals surface area contributed by atoms with Gasteiger partial charge in [-0.1, -0.05) is 0 Å². The maximum atomic E-state index is 13.7. The lowest BCUT2D eigenvalue weighted by Gasteiger charge is -2.18. The molecule has 128 valence electrons. The van der Waals surface area contributed by atoms with Crippen LogP contribution >= 0.6 is 0 Å². The van der Waals surface area contributed by atoms with Crippen molar-refractivity contribution in [2.45, 2.75) is 19.1 Å². The van der Waals surface area contributed by atoms with Gasteiger partial charge in [-0.3, -0.25) is 4.98 Å². The summed E-state index contributed by atoms with van der Waals surface area (Å²) in [5.41, 5.74) is 0.645. The molecule has 7 heteroatoms. The summed E-state index contributed by atoms with van der Waals surface area (Å²) in [5, 5.41) is 11.6. The van der Waals surface area contributed by atoms with Gasteiger partial charge in [0.15, 0.2) is 0 Å². The molecule has 2 aromatic rings. The first-order valence-corrected chi connectivity index (χ1v) is 7.93. The van der Waals surface area contributed by atoms with Gasteiger partial charge in [0.25, 0.3) is 0 Å². The largest absolute Gasteiger partial charge is 0.487 e. The van der Waals surface area contributed by atoms with Gasteiger partial charge in [-0.25, -0.2) is 9.18 Å². The zero-order valence-electron chi connectivity index (χ0n) is 13.5. The quantitative estimate of drug-likeness (QED) is 0.927. The van der Waals surface area contributed by atoms with Crippen LogP contribution in [0.25, 0.3) is 0 Å². The van der Waals surface area contributed by atoms with E-state index in [2.05, 4.69) is 10.3 Å². The molecule has 0 spiro atoms. The third kappa shape index (κ3) is 4.23. The fraction of sp³-hybridized carbons (Fsp3) is 0.278. The molecule has 1 aliphatic rings. The van der Waals surface area contributed by atoms with Crippen LogP contribution in [0.1, 0.15) is 17.5 Å². The van der Waals surface area contributed by atoms with Gasteiger partial charge < -0.3 is 15.0 Å². The molecule has 0 saturated carbocycles.